The quantitative estimate of drug-likeness (QED) is 0.928. The largest absolute Gasteiger partial charge is 0.494 e. The molecule has 1 aromatic carbocycles. The van der Waals surface area contributed by atoms with Gasteiger partial charge in [-0.05, 0) is 43.5 Å². The molecule has 0 aromatic heterocycles. The average Bonchev–Trinajstić information content (AvgIpc) is 3.02. The summed E-state index contributed by atoms with van der Waals surface area (Å²) >= 11 is 0. The highest BCUT2D eigenvalue weighted by Crippen LogP contribution is 2.26. The summed E-state index contributed by atoms with van der Waals surface area (Å²) in [5.74, 6) is -0.0504. The van der Waals surface area contributed by atoms with Crippen molar-refractivity contribution in [1.82, 2.24) is 0 Å². The summed E-state index contributed by atoms with van der Waals surface area (Å²) in [6.45, 7) is 5.20. The van der Waals surface area contributed by atoms with E-state index in [0.717, 1.165) is 18.8 Å². The van der Waals surface area contributed by atoms with E-state index < -0.39 is 0 Å². The van der Waals surface area contributed by atoms with Gasteiger partial charge in [0, 0.05) is 24.5 Å². The fourth-order valence-electron chi connectivity index (χ4n) is 2.73. The van der Waals surface area contributed by atoms with Gasteiger partial charge in [-0.3, -0.25) is 4.79 Å². The van der Waals surface area contributed by atoms with Crippen LogP contribution in [0.3, 0.4) is 0 Å². The Morgan fingerprint density at radius 1 is 1.24 bits per heavy atom. The molecule has 1 saturated heterocycles. The minimum atomic E-state index is -0.275. The van der Waals surface area contributed by atoms with Crippen LogP contribution in [0.4, 0.5) is 11.4 Å². The second-order valence-corrected chi connectivity index (χ2v) is 5.35. The van der Waals surface area contributed by atoms with Crippen molar-refractivity contribution in [2.75, 3.05) is 36.5 Å². The maximum Gasteiger partial charge on any atom is 0.294 e. The Labute approximate surface area is 124 Å². The summed E-state index contributed by atoms with van der Waals surface area (Å²) in [6, 6.07) is 6.00. The van der Waals surface area contributed by atoms with Crippen molar-refractivity contribution in [1.29, 1.82) is 0 Å². The first-order valence-electron chi connectivity index (χ1n) is 7.35. The molecule has 0 saturated carbocycles. The van der Waals surface area contributed by atoms with Gasteiger partial charge >= 0.3 is 0 Å². The van der Waals surface area contributed by atoms with E-state index in [2.05, 4.69) is 23.2 Å². The lowest BCUT2D eigenvalue weighted by Gasteiger charge is -2.21. The van der Waals surface area contributed by atoms with Crippen LogP contribution in [-0.2, 0) is 14.3 Å². The molecular formula is C16H20N2O3. The molecule has 1 N–H and O–H groups in total. The molecule has 0 unspecified atom stereocenters. The Morgan fingerprint density at radius 3 is 2.71 bits per heavy atom. The van der Waals surface area contributed by atoms with Crippen LogP contribution in [0.2, 0.25) is 0 Å². The Hall–Kier alpha value is -2.17. The van der Waals surface area contributed by atoms with E-state index >= 15 is 0 Å². The minimum Gasteiger partial charge on any atom is -0.494 e. The van der Waals surface area contributed by atoms with Crippen LogP contribution in [0.5, 0.6) is 0 Å². The van der Waals surface area contributed by atoms with Gasteiger partial charge in [0.15, 0.2) is 0 Å². The third kappa shape index (κ3) is 3.12. The monoisotopic (exact) mass is 288 g/mol. The van der Waals surface area contributed by atoms with E-state index in [1.165, 1.54) is 30.4 Å². The predicted molar refractivity (Wildman–Crippen MR) is 81.2 cm³/mol. The number of amides is 1. The lowest BCUT2D eigenvalue weighted by atomic mass is 10.1. The molecule has 5 heteroatoms. The first-order chi connectivity index (χ1) is 10.2. The molecule has 2 heterocycles. The second kappa shape index (κ2) is 6.08. The molecule has 0 aliphatic carbocycles. The van der Waals surface area contributed by atoms with Gasteiger partial charge < -0.3 is 19.7 Å². The van der Waals surface area contributed by atoms with Crippen LogP contribution in [0.25, 0.3) is 0 Å². The molecule has 0 spiro atoms. The van der Waals surface area contributed by atoms with Crippen molar-refractivity contribution in [3.8, 4) is 0 Å². The number of carbonyl (C=O) groups is 1. The fourth-order valence-corrected chi connectivity index (χ4v) is 2.73. The highest BCUT2D eigenvalue weighted by molar-refractivity contribution is 6.02. The van der Waals surface area contributed by atoms with Gasteiger partial charge in [-0.15, -0.1) is 0 Å². The van der Waals surface area contributed by atoms with Crippen LogP contribution in [0.1, 0.15) is 18.4 Å². The highest BCUT2D eigenvalue weighted by atomic mass is 16.6. The maximum absolute atomic E-state index is 12.0. The number of hydrogen-bond donors (Lipinski definition) is 1. The molecule has 1 aromatic rings. The topological polar surface area (TPSA) is 50.8 Å². The van der Waals surface area contributed by atoms with Gasteiger partial charge in [-0.25, -0.2) is 0 Å². The van der Waals surface area contributed by atoms with Gasteiger partial charge in [0.05, 0.1) is 0 Å². The van der Waals surface area contributed by atoms with E-state index in [-0.39, 0.29) is 11.7 Å². The number of carbonyl (C=O) groups excluding carboxylic acids is 1. The van der Waals surface area contributed by atoms with Crippen LogP contribution in [-0.4, -0.2) is 32.2 Å². The number of aryl methyl sites for hydroxylation is 1. The van der Waals surface area contributed by atoms with Gasteiger partial charge in [0.25, 0.3) is 5.91 Å². The minimum absolute atomic E-state index is 0.225. The smallest absolute Gasteiger partial charge is 0.294 e. The van der Waals surface area contributed by atoms with Gasteiger partial charge in [-0.2, -0.15) is 0 Å². The lowest BCUT2D eigenvalue weighted by molar-refractivity contribution is -0.117. The van der Waals surface area contributed by atoms with Crippen molar-refractivity contribution in [3.05, 3.63) is 35.8 Å². The predicted octanol–water partition coefficient (Wildman–Crippen LogP) is 2.42. The van der Waals surface area contributed by atoms with Crippen molar-refractivity contribution in [2.45, 2.75) is 19.8 Å². The first kappa shape index (κ1) is 13.8. The summed E-state index contributed by atoms with van der Waals surface area (Å²) in [6.07, 6.45) is 3.87. The molecule has 2 aliphatic heterocycles. The van der Waals surface area contributed by atoms with Crippen molar-refractivity contribution in [3.63, 3.8) is 0 Å². The zero-order valence-electron chi connectivity index (χ0n) is 12.2. The fraction of sp³-hybridized carbons (Fsp3) is 0.438. The summed E-state index contributed by atoms with van der Waals surface area (Å²) in [5.41, 5.74) is 3.20. The molecular weight excluding hydrogens is 268 g/mol. The van der Waals surface area contributed by atoms with Gasteiger partial charge in [-0.1, -0.05) is 0 Å². The molecule has 1 amide bonds. The molecule has 3 rings (SSSR count). The molecule has 0 bridgehead atoms. The van der Waals surface area contributed by atoms with E-state index in [1.54, 1.807) is 0 Å². The molecule has 5 nitrogen and oxygen atoms in total. The Kier molecular flexibility index (Phi) is 3.99. The number of rotatable bonds is 3. The number of nitrogens with zero attached hydrogens (tertiary/aromatic N) is 1. The first-order valence-corrected chi connectivity index (χ1v) is 7.35. The zero-order valence-corrected chi connectivity index (χ0v) is 12.2. The number of ether oxygens (including phenoxy) is 2. The van der Waals surface area contributed by atoms with Crippen LogP contribution in [0.15, 0.2) is 30.2 Å². The third-order valence-corrected chi connectivity index (χ3v) is 3.77. The van der Waals surface area contributed by atoms with Crippen LogP contribution in [0, 0.1) is 6.92 Å². The summed E-state index contributed by atoms with van der Waals surface area (Å²) in [4.78, 5) is 14.4. The summed E-state index contributed by atoms with van der Waals surface area (Å²) in [5, 5.41) is 2.84. The SMILES string of the molecule is Cc1cc(NC(=O)C2=COCCO2)ccc1N1CCCC1. The molecule has 21 heavy (non-hydrogen) atoms. The number of nitrogens with one attached hydrogen (secondary N) is 1. The van der Waals surface area contributed by atoms with E-state index in [9.17, 15) is 4.79 Å². The Morgan fingerprint density at radius 2 is 2.05 bits per heavy atom. The van der Waals surface area contributed by atoms with Crippen molar-refractivity contribution >= 4 is 17.3 Å². The molecule has 2 aliphatic rings. The van der Waals surface area contributed by atoms with Gasteiger partial charge in [0.2, 0.25) is 5.76 Å². The normalized spacial score (nSPS) is 17.8. The molecule has 112 valence electrons. The van der Waals surface area contributed by atoms with E-state index in [1.807, 2.05) is 12.1 Å². The van der Waals surface area contributed by atoms with Crippen LogP contribution >= 0.6 is 0 Å². The Balaban J connectivity index is 1.70. The standard InChI is InChI=1S/C16H20N2O3/c1-12-10-13(4-5-14(12)18-6-2-3-7-18)17-16(19)15-11-20-8-9-21-15/h4-5,10-11H,2-3,6-9H2,1H3,(H,17,19). The van der Waals surface area contributed by atoms with Gasteiger partial charge in [0.1, 0.15) is 19.5 Å². The molecule has 0 radical (unpaired) electrons. The second-order valence-electron chi connectivity index (χ2n) is 5.35. The third-order valence-electron chi connectivity index (χ3n) is 3.77. The molecule has 1 fully saturated rings. The van der Waals surface area contributed by atoms with E-state index in [4.69, 9.17) is 9.47 Å². The highest BCUT2D eigenvalue weighted by Gasteiger charge is 2.17. The number of benzene rings is 1. The van der Waals surface area contributed by atoms with Crippen molar-refractivity contribution in [2.24, 2.45) is 0 Å². The maximum atomic E-state index is 12.0. The zero-order chi connectivity index (χ0) is 14.7. The lowest BCUT2D eigenvalue weighted by Crippen LogP contribution is -2.21. The summed E-state index contributed by atoms with van der Waals surface area (Å²) < 4.78 is 10.4. The number of hydrogen-bond acceptors (Lipinski definition) is 4. The molecule has 0 atom stereocenters. The van der Waals surface area contributed by atoms with E-state index in [0.29, 0.717) is 13.2 Å². The average molecular weight is 288 g/mol. The number of anilines is 2. The summed E-state index contributed by atoms with van der Waals surface area (Å²) in [7, 11) is 0. The van der Waals surface area contributed by atoms with Crippen molar-refractivity contribution < 1.29 is 14.3 Å². The Bertz CT molecular complexity index is 563. The van der Waals surface area contributed by atoms with Crippen LogP contribution < -0.4 is 10.2 Å².